The lowest BCUT2D eigenvalue weighted by Crippen LogP contribution is -2.50. The molecule has 0 radical (unpaired) electrons. The largest absolute Gasteiger partial charge is 0.470 e. The average molecular weight is 514 g/mol. The first-order valence-electron chi connectivity index (χ1n) is 6.68. The van der Waals surface area contributed by atoms with Gasteiger partial charge >= 0.3 is 31.3 Å². The van der Waals surface area contributed by atoms with Crippen molar-refractivity contribution in [2.24, 2.45) is 0 Å². The van der Waals surface area contributed by atoms with E-state index in [9.17, 15) is 23.1 Å². The van der Waals surface area contributed by atoms with Crippen LogP contribution < -0.4 is 0 Å². The summed E-state index contributed by atoms with van der Waals surface area (Å²) in [5.74, 6) is 0. The van der Waals surface area contributed by atoms with E-state index in [1.165, 1.54) is 0 Å². The van der Waals surface area contributed by atoms with E-state index in [0.717, 1.165) is 7.11 Å². The molecule has 0 saturated heterocycles. The molecule has 0 rings (SSSR count). The van der Waals surface area contributed by atoms with E-state index in [4.69, 9.17) is 39.1 Å². The molecule has 8 N–H and O–H groups in total. The molecule has 0 aromatic heterocycles. The van der Waals surface area contributed by atoms with E-state index in [-0.39, 0.29) is 6.29 Å². The number of phosphoric acid groups is 4. The lowest BCUT2D eigenvalue weighted by atomic mass is 10.0. The maximum absolute atomic E-state index is 11.2. The van der Waals surface area contributed by atoms with Crippen LogP contribution in [0.3, 0.4) is 0 Å². The molecule has 0 unspecified atom stereocenters. The number of ether oxygens (including phenoxy) is 1. The lowest BCUT2D eigenvalue weighted by Gasteiger charge is -2.34. The van der Waals surface area contributed by atoms with Gasteiger partial charge in [-0.25, -0.2) is 18.3 Å². The number of hydrogen-bond acceptors (Lipinski definition) is 10. The molecule has 0 aromatic carbocycles. The molecular weight excluding hydrogens is 496 g/mol. The first kappa shape index (κ1) is 29.1. The minimum Gasteiger partial charge on any atom is -0.371 e. The Labute approximate surface area is 161 Å². The number of carbonyl (C=O) groups excluding carboxylic acids is 1. The molecule has 0 aliphatic rings. The van der Waals surface area contributed by atoms with Crippen molar-refractivity contribution in [2.75, 3.05) is 13.7 Å². The first-order valence-corrected chi connectivity index (χ1v) is 12.8. The molecule has 4 atom stereocenters. The molecule has 0 saturated carbocycles. The minimum atomic E-state index is -5.67. The molecule has 0 bridgehead atoms. The number of methoxy groups -OCH3 is 1. The second kappa shape index (κ2) is 11.1. The smallest absolute Gasteiger partial charge is 0.371 e. The summed E-state index contributed by atoms with van der Waals surface area (Å²) in [6, 6.07) is 0. The van der Waals surface area contributed by atoms with Crippen molar-refractivity contribution in [3.8, 4) is 0 Å². The summed E-state index contributed by atoms with van der Waals surface area (Å²) in [5, 5.41) is 0. The summed E-state index contributed by atoms with van der Waals surface area (Å²) in [6.45, 7) is -1.56. The molecule has 0 spiro atoms. The molecule has 0 heterocycles. The Hall–Kier alpha value is 0.0700. The Morgan fingerprint density at radius 2 is 1.14 bits per heavy atom. The van der Waals surface area contributed by atoms with Crippen LogP contribution in [0.1, 0.15) is 0 Å². The van der Waals surface area contributed by atoms with Crippen molar-refractivity contribution in [2.45, 2.75) is 24.4 Å². The number of phosphoric ester groups is 4. The van der Waals surface area contributed by atoms with Gasteiger partial charge in [0.1, 0.15) is 24.4 Å². The predicted octanol–water partition coefficient (Wildman–Crippen LogP) is -2.26. The highest BCUT2D eigenvalue weighted by atomic mass is 31.2. The molecule has 174 valence electrons. The maximum Gasteiger partial charge on any atom is 0.470 e. The fraction of sp³-hybridized carbons (Fsp3) is 0.857. The van der Waals surface area contributed by atoms with Gasteiger partial charge in [0.2, 0.25) is 0 Å². The predicted molar refractivity (Wildman–Crippen MR) is 85.6 cm³/mol. The van der Waals surface area contributed by atoms with Crippen LogP contribution in [0.25, 0.3) is 0 Å². The van der Waals surface area contributed by atoms with Gasteiger partial charge in [-0.2, -0.15) is 0 Å². The summed E-state index contributed by atoms with van der Waals surface area (Å²) in [6.07, 6.45) is -10.0. The Morgan fingerprint density at radius 1 is 0.724 bits per heavy atom. The van der Waals surface area contributed by atoms with Gasteiger partial charge in [-0.05, 0) is 0 Å². The van der Waals surface area contributed by atoms with Crippen LogP contribution in [-0.4, -0.2) is 83.6 Å². The van der Waals surface area contributed by atoms with Crippen molar-refractivity contribution in [3.05, 3.63) is 0 Å². The van der Waals surface area contributed by atoms with Crippen molar-refractivity contribution >= 4 is 37.6 Å². The van der Waals surface area contributed by atoms with Crippen LogP contribution in [-0.2, 0) is 45.9 Å². The second-order valence-corrected chi connectivity index (χ2v) is 9.69. The Bertz CT molecular complexity index is 712. The van der Waals surface area contributed by atoms with Crippen LogP contribution in [0.15, 0.2) is 0 Å². The molecule has 0 aliphatic heterocycles. The first-order chi connectivity index (χ1) is 12.8. The summed E-state index contributed by atoms with van der Waals surface area (Å²) < 4.78 is 65.3. The zero-order valence-corrected chi connectivity index (χ0v) is 17.6. The Kier molecular flexibility index (Phi) is 11.1. The molecule has 18 nitrogen and oxygen atoms in total. The fourth-order valence-electron chi connectivity index (χ4n) is 1.76. The van der Waals surface area contributed by atoms with Gasteiger partial charge in [-0.15, -0.1) is 0 Å². The van der Waals surface area contributed by atoms with E-state index >= 15 is 0 Å². The van der Waals surface area contributed by atoms with Gasteiger partial charge in [0, 0.05) is 7.11 Å². The standard InChI is InChI=1S/C7H18O18P4/c1-21-4(2-8)6(24-28(15,16)17)7(25-29(18,19)20)5(23-27(12,13)14)3-22-26(9,10)11/h2,4-7H,3H2,1H3,(H2,9,10,11)(H2,12,13,14)(H2,15,16,17)(H2,18,19,20)/t4-,5+,6+,7+/m0/s1. The quantitative estimate of drug-likeness (QED) is 0.0896. The molecular formula is C7H18O18P4. The average Bonchev–Trinajstić information content (AvgIpc) is 2.45. The van der Waals surface area contributed by atoms with Crippen LogP contribution in [0.5, 0.6) is 0 Å². The third-order valence-electron chi connectivity index (χ3n) is 2.62. The highest BCUT2D eigenvalue weighted by molar-refractivity contribution is 7.47. The van der Waals surface area contributed by atoms with E-state index in [2.05, 4.69) is 22.8 Å². The number of carbonyl (C=O) groups is 1. The topological polar surface area (TPSA) is 293 Å². The molecule has 22 heteroatoms. The molecule has 0 amide bonds. The normalized spacial score (nSPS) is 18.1. The van der Waals surface area contributed by atoms with Gasteiger partial charge in [0.05, 0.1) is 6.61 Å². The zero-order chi connectivity index (χ0) is 23.3. The third kappa shape index (κ3) is 13.9. The highest BCUT2D eigenvalue weighted by Crippen LogP contribution is 2.48. The second-order valence-electron chi connectivity index (χ2n) is 4.88. The summed E-state index contributed by atoms with van der Waals surface area (Å²) in [5.41, 5.74) is 0. The van der Waals surface area contributed by atoms with Gasteiger partial charge in [-0.3, -0.25) is 18.1 Å². The van der Waals surface area contributed by atoms with Gasteiger partial charge in [-0.1, -0.05) is 0 Å². The van der Waals surface area contributed by atoms with E-state index in [1.54, 1.807) is 0 Å². The van der Waals surface area contributed by atoms with Crippen LogP contribution >= 0.6 is 31.3 Å². The molecule has 29 heavy (non-hydrogen) atoms. The monoisotopic (exact) mass is 514 g/mol. The van der Waals surface area contributed by atoms with Gasteiger partial charge in [0.25, 0.3) is 0 Å². The fourth-order valence-corrected chi connectivity index (χ4v) is 3.77. The van der Waals surface area contributed by atoms with Crippen molar-refractivity contribution in [3.63, 3.8) is 0 Å². The number of hydrogen-bond donors (Lipinski definition) is 8. The summed E-state index contributed by atoms with van der Waals surface area (Å²) in [4.78, 5) is 82.3. The third-order valence-corrected chi connectivity index (χ3v) is 4.69. The maximum atomic E-state index is 11.2. The number of aldehydes is 1. The SMILES string of the molecule is CO[C@@H](C=O)[C@@H](OP(=O)(O)O)[C@H](OP(=O)(O)O)[C@@H](COP(=O)(O)O)OP(=O)(O)O. The zero-order valence-electron chi connectivity index (χ0n) is 14.0. The van der Waals surface area contributed by atoms with E-state index < -0.39 is 62.3 Å². The van der Waals surface area contributed by atoms with Crippen molar-refractivity contribution < 1.29 is 85.0 Å². The van der Waals surface area contributed by atoms with Gasteiger partial charge in [0.15, 0.2) is 6.29 Å². The summed E-state index contributed by atoms with van der Waals surface area (Å²) in [7, 11) is -21.4. The van der Waals surface area contributed by atoms with Gasteiger partial charge < -0.3 is 48.7 Å². The van der Waals surface area contributed by atoms with Crippen molar-refractivity contribution in [1.82, 2.24) is 0 Å². The lowest BCUT2D eigenvalue weighted by molar-refractivity contribution is -0.136. The molecule has 0 aliphatic carbocycles. The Morgan fingerprint density at radius 3 is 1.45 bits per heavy atom. The van der Waals surface area contributed by atoms with E-state index in [1.807, 2.05) is 0 Å². The van der Waals surface area contributed by atoms with Crippen molar-refractivity contribution in [1.29, 1.82) is 0 Å². The summed E-state index contributed by atoms with van der Waals surface area (Å²) >= 11 is 0. The van der Waals surface area contributed by atoms with Crippen LogP contribution in [0.4, 0.5) is 0 Å². The number of rotatable bonds is 14. The van der Waals surface area contributed by atoms with Crippen LogP contribution in [0.2, 0.25) is 0 Å². The van der Waals surface area contributed by atoms with Crippen LogP contribution in [0, 0.1) is 0 Å². The molecule has 0 fully saturated rings. The minimum absolute atomic E-state index is 0.186. The Balaban J connectivity index is 6.37. The van der Waals surface area contributed by atoms with E-state index in [0.29, 0.717) is 0 Å². The molecule has 0 aromatic rings. The highest BCUT2D eigenvalue weighted by Gasteiger charge is 2.47.